The zero-order valence-electron chi connectivity index (χ0n) is 10.4. The highest BCUT2D eigenvalue weighted by Gasteiger charge is 2.18. The molecular formula is C13H12N4O2. The third kappa shape index (κ3) is 1.91. The number of para-hydroxylation sites is 1. The number of aryl methyl sites for hydroxylation is 1. The maximum absolute atomic E-state index is 12.1. The van der Waals surface area contributed by atoms with Crippen molar-refractivity contribution in [3.05, 3.63) is 40.2 Å². The first-order chi connectivity index (χ1) is 9.31. The minimum atomic E-state index is -0.427. The molecule has 0 unspecified atom stereocenters. The average Bonchev–Trinajstić information content (AvgIpc) is 2.92. The van der Waals surface area contributed by atoms with Crippen molar-refractivity contribution in [3.8, 4) is 11.4 Å². The van der Waals surface area contributed by atoms with Crippen molar-refractivity contribution in [2.24, 2.45) is 0 Å². The molecule has 3 aromatic rings. The van der Waals surface area contributed by atoms with Crippen molar-refractivity contribution in [1.82, 2.24) is 20.6 Å². The van der Waals surface area contributed by atoms with Crippen molar-refractivity contribution < 1.29 is 4.42 Å². The van der Waals surface area contributed by atoms with E-state index >= 15 is 0 Å². The van der Waals surface area contributed by atoms with Crippen LogP contribution in [0.4, 0.5) is 0 Å². The SMILES string of the molecule is CCCc1c(-c2nn[nH]n2)c(=O)oc2ccccc12. The van der Waals surface area contributed by atoms with Gasteiger partial charge in [0, 0.05) is 5.39 Å². The molecule has 2 heterocycles. The van der Waals surface area contributed by atoms with Gasteiger partial charge in [-0.1, -0.05) is 31.5 Å². The fourth-order valence-electron chi connectivity index (χ4n) is 2.22. The van der Waals surface area contributed by atoms with E-state index in [1.54, 1.807) is 6.07 Å². The predicted octanol–water partition coefficient (Wildman–Crippen LogP) is 1.93. The lowest BCUT2D eigenvalue weighted by Gasteiger charge is -2.07. The molecule has 0 saturated heterocycles. The molecule has 0 saturated carbocycles. The maximum Gasteiger partial charge on any atom is 0.347 e. The van der Waals surface area contributed by atoms with Crippen LogP contribution in [0.25, 0.3) is 22.4 Å². The van der Waals surface area contributed by atoms with E-state index in [-0.39, 0.29) is 5.82 Å². The molecule has 0 bridgehead atoms. The summed E-state index contributed by atoms with van der Waals surface area (Å²) in [6.45, 7) is 2.06. The normalized spacial score (nSPS) is 11.0. The summed E-state index contributed by atoms with van der Waals surface area (Å²) in [5.41, 5.74) is 1.47. The lowest BCUT2D eigenvalue weighted by molar-refractivity contribution is 0.560. The molecule has 0 aliphatic rings. The van der Waals surface area contributed by atoms with Gasteiger partial charge >= 0.3 is 5.63 Å². The highest BCUT2D eigenvalue weighted by Crippen LogP contribution is 2.25. The van der Waals surface area contributed by atoms with Crippen molar-refractivity contribution >= 4 is 11.0 Å². The molecule has 0 aliphatic carbocycles. The van der Waals surface area contributed by atoms with Gasteiger partial charge in [-0.25, -0.2) is 4.79 Å². The smallest absolute Gasteiger partial charge is 0.347 e. The minimum absolute atomic E-state index is 0.281. The van der Waals surface area contributed by atoms with Gasteiger partial charge in [-0.2, -0.15) is 5.21 Å². The monoisotopic (exact) mass is 256 g/mol. The average molecular weight is 256 g/mol. The van der Waals surface area contributed by atoms with Gasteiger partial charge in [0.1, 0.15) is 11.1 Å². The number of hydrogen-bond acceptors (Lipinski definition) is 5. The van der Waals surface area contributed by atoms with Gasteiger partial charge in [-0.05, 0) is 23.3 Å². The lowest BCUT2D eigenvalue weighted by Crippen LogP contribution is -2.09. The van der Waals surface area contributed by atoms with Crippen LogP contribution in [0.3, 0.4) is 0 Å². The Balaban J connectivity index is 2.40. The van der Waals surface area contributed by atoms with Gasteiger partial charge < -0.3 is 4.42 Å². The molecule has 0 atom stereocenters. The summed E-state index contributed by atoms with van der Waals surface area (Å²) in [5, 5.41) is 14.6. The molecule has 96 valence electrons. The summed E-state index contributed by atoms with van der Waals surface area (Å²) >= 11 is 0. The maximum atomic E-state index is 12.1. The number of aromatic nitrogens is 4. The molecule has 6 heteroatoms. The van der Waals surface area contributed by atoms with E-state index < -0.39 is 5.63 Å². The number of rotatable bonds is 3. The van der Waals surface area contributed by atoms with E-state index in [4.69, 9.17) is 4.42 Å². The van der Waals surface area contributed by atoms with Crippen LogP contribution in [0.2, 0.25) is 0 Å². The Hall–Kier alpha value is -2.50. The number of benzene rings is 1. The molecule has 0 radical (unpaired) electrons. The molecular weight excluding hydrogens is 244 g/mol. The standard InChI is InChI=1S/C13H12N4O2/c1-2-5-9-8-6-3-4-7-10(8)19-13(18)11(9)12-14-16-17-15-12/h3-4,6-7H,2,5H2,1H3,(H,14,15,16,17). The fraction of sp³-hybridized carbons (Fsp3) is 0.231. The zero-order valence-corrected chi connectivity index (χ0v) is 10.4. The number of fused-ring (bicyclic) bond motifs is 1. The quantitative estimate of drug-likeness (QED) is 0.724. The van der Waals surface area contributed by atoms with Gasteiger partial charge in [-0.3, -0.25) is 0 Å². The molecule has 3 rings (SSSR count). The number of nitrogens with one attached hydrogen (secondary N) is 1. The molecule has 1 N–H and O–H groups in total. The molecule has 0 amide bonds. The van der Waals surface area contributed by atoms with E-state index in [1.807, 2.05) is 18.2 Å². The summed E-state index contributed by atoms with van der Waals surface area (Å²) in [7, 11) is 0. The number of tetrazole rings is 1. The molecule has 1 aromatic carbocycles. The second-order valence-electron chi connectivity index (χ2n) is 4.22. The highest BCUT2D eigenvalue weighted by molar-refractivity contribution is 5.85. The van der Waals surface area contributed by atoms with Gasteiger partial charge in [0.25, 0.3) is 0 Å². The molecule has 19 heavy (non-hydrogen) atoms. The van der Waals surface area contributed by atoms with E-state index in [2.05, 4.69) is 27.5 Å². The van der Waals surface area contributed by atoms with Crippen LogP contribution >= 0.6 is 0 Å². The van der Waals surface area contributed by atoms with Crippen LogP contribution in [0.15, 0.2) is 33.5 Å². The molecule has 0 aliphatic heterocycles. The predicted molar refractivity (Wildman–Crippen MR) is 69.7 cm³/mol. The Labute approximate surface area is 108 Å². The Morgan fingerprint density at radius 3 is 2.89 bits per heavy atom. The minimum Gasteiger partial charge on any atom is -0.422 e. The van der Waals surface area contributed by atoms with Crippen LogP contribution in [0.1, 0.15) is 18.9 Å². The van der Waals surface area contributed by atoms with Crippen molar-refractivity contribution in [2.45, 2.75) is 19.8 Å². The van der Waals surface area contributed by atoms with E-state index in [0.29, 0.717) is 11.1 Å². The van der Waals surface area contributed by atoms with E-state index in [0.717, 1.165) is 23.8 Å². The second kappa shape index (κ2) is 4.64. The van der Waals surface area contributed by atoms with E-state index in [9.17, 15) is 4.79 Å². The Morgan fingerprint density at radius 2 is 2.16 bits per heavy atom. The molecule has 2 aromatic heterocycles. The number of nitrogens with zero attached hydrogens (tertiary/aromatic N) is 3. The lowest BCUT2D eigenvalue weighted by atomic mass is 10.00. The number of H-pyrrole nitrogens is 1. The fourth-order valence-corrected chi connectivity index (χ4v) is 2.22. The Bertz CT molecular complexity index is 762. The summed E-state index contributed by atoms with van der Waals surface area (Å²) in [6.07, 6.45) is 1.67. The topological polar surface area (TPSA) is 84.7 Å². The largest absolute Gasteiger partial charge is 0.422 e. The van der Waals surface area contributed by atoms with Gasteiger partial charge in [0.15, 0.2) is 0 Å². The van der Waals surface area contributed by atoms with Crippen LogP contribution in [0, 0.1) is 0 Å². The van der Waals surface area contributed by atoms with Gasteiger partial charge in [0.2, 0.25) is 5.82 Å². The van der Waals surface area contributed by atoms with Crippen LogP contribution in [-0.4, -0.2) is 20.6 Å². The van der Waals surface area contributed by atoms with Crippen molar-refractivity contribution in [1.29, 1.82) is 0 Å². The second-order valence-corrected chi connectivity index (χ2v) is 4.22. The first-order valence-electron chi connectivity index (χ1n) is 6.09. The van der Waals surface area contributed by atoms with Crippen LogP contribution in [-0.2, 0) is 6.42 Å². The van der Waals surface area contributed by atoms with Crippen molar-refractivity contribution in [3.63, 3.8) is 0 Å². The highest BCUT2D eigenvalue weighted by atomic mass is 16.4. The van der Waals surface area contributed by atoms with Gasteiger partial charge in [-0.15, -0.1) is 10.2 Å². The molecule has 6 nitrogen and oxygen atoms in total. The van der Waals surface area contributed by atoms with Crippen molar-refractivity contribution in [2.75, 3.05) is 0 Å². The number of aromatic amines is 1. The third-order valence-corrected chi connectivity index (χ3v) is 2.99. The Morgan fingerprint density at radius 1 is 1.32 bits per heavy atom. The summed E-state index contributed by atoms with van der Waals surface area (Å²) < 4.78 is 5.33. The summed E-state index contributed by atoms with van der Waals surface area (Å²) in [4.78, 5) is 12.1. The summed E-state index contributed by atoms with van der Waals surface area (Å²) in [5.74, 6) is 0.281. The number of hydrogen-bond donors (Lipinski definition) is 1. The first kappa shape index (κ1) is 11.6. The van der Waals surface area contributed by atoms with Crippen LogP contribution in [0.5, 0.6) is 0 Å². The van der Waals surface area contributed by atoms with Gasteiger partial charge in [0.05, 0.1) is 0 Å². The summed E-state index contributed by atoms with van der Waals surface area (Å²) in [6, 6.07) is 7.49. The molecule has 0 spiro atoms. The first-order valence-corrected chi connectivity index (χ1v) is 6.09. The molecule has 0 fully saturated rings. The van der Waals surface area contributed by atoms with E-state index in [1.165, 1.54) is 0 Å². The third-order valence-electron chi connectivity index (χ3n) is 2.99. The zero-order chi connectivity index (χ0) is 13.2. The Kier molecular flexibility index (Phi) is 2.83. The van der Waals surface area contributed by atoms with Crippen LogP contribution < -0.4 is 5.63 Å².